The molecule has 0 amide bonds. The molecule has 0 spiro atoms. The Labute approximate surface area is 100 Å². The standard InChI is InChI=1S/C13H19N3O/c1-4-8(2)14-9(3)10-5-6-11-12(7-10)16-13(17)15-11/h5-9,14H,4H2,1-3H3,(H2,15,16,17). The van der Waals surface area contributed by atoms with Gasteiger partial charge in [0.25, 0.3) is 0 Å². The Morgan fingerprint density at radius 2 is 1.94 bits per heavy atom. The second kappa shape index (κ2) is 4.75. The molecule has 1 aromatic heterocycles. The molecule has 4 nitrogen and oxygen atoms in total. The molecule has 0 aliphatic heterocycles. The van der Waals surface area contributed by atoms with Crippen LogP contribution in [0.3, 0.4) is 0 Å². The molecule has 0 saturated heterocycles. The number of hydrogen-bond donors (Lipinski definition) is 3. The van der Waals surface area contributed by atoms with E-state index in [1.807, 2.05) is 18.2 Å². The molecule has 2 aromatic rings. The predicted molar refractivity (Wildman–Crippen MR) is 70.2 cm³/mol. The first kappa shape index (κ1) is 11.9. The lowest BCUT2D eigenvalue weighted by Crippen LogP contribution is -2.28. The molecular weight excluding hydrogens is 214 g/mol. The zero-order chi connectivity index (χ0) is 12.4. The summed E-state index contributed by atoms with van der Waals surface area (Å²) in [5.41, 5.74) is 2.76. The molecule has 92 valence electrons. The van der Waals surface area contributed by atoms with Gasteiger partial charge in [0.2, 0.25) is 0 Å². The van der Waals surface area contributed by atoms with Crippen molar-refractivity contribution in [2.24, 2.45) is 0 Å². The smallest absolute Gasteiger partial charge is 0.308 e. The Morgan fingerprint density at radius 3 is 2.65 bits per heavy atom. The van der Waals surface area contributed by atoms with Crippen molar-refractivity contribution in [1.82, 2.24) is 15.3 Å². The number of hydrogen-bond acceptors (Lipinski definition) is 2. The highest BCUT2D eigenvalue weighted by molar-refractivity contribution is 5.75. The first-order valence-corrected chi connectivity index (χ1v) is 6.08. The molecule has 0 saturated carbocycles. The van der Waals surface area contributed by atoms with E-state index in [9.17, 15) is 4.79 Å². The third-order valence-electron chi connectivity index (χ3n) is 3.19. The molecule has 17 heavy (non-hydrogen) atoms. The zero-order valence-electron chi connectivity index (χ0n) is 10.5. The predicted octanol–water partition coefficient (Wildman–Crippen LogP) is 2.31. The third-order valence-corrected chi connectivity index (χ3v) is 3.19. The van der Waals surface area contributed by atoms with Crippen LogP contribution in [0.4, 0.5) is 0 Å². The van der Waals surface area contributed by atoms with Crippen molar-refractivity contribution < 1.29 is 0 Å². The minimum absolute atomic E-state index is 0.153. The van der Waals surface area contributed by atoms with Gasteiger partial charge in [0, 0.05) is 12.1 Å². The zero-order valence-corrected chi connectivity index (χ0v) is 10.5. The highest BCUT2D eigenvalue weighted by Crippen LogP contribution is 2.17. The molecule has 0 aliphatic carbocycles. The Kier molecular flexibility index (Phi) is 3.33. The van der Waals surface area contributed by atoms with Crippen LogP contribution in [0.15, 0.2) is 23.0 Å². The highest BCUT2D eigenvalue weighted by Gasteiger charge is 2.09. The maximum atomic E-state index is 11.2. The van der Waals surface area contributed by atoms with Crippen LogP contribution < -0.4 is 11.0 Å². The number of aromatic amines is 2. The van der Waals surface area contributed by atoms with E-state index in [1.54, 1.807) is 0 Å². The number of aromatic nitrogens is 2. The molecule has 4 heteroatoms. The Bertz CT molecular complexity index is 555. The fraction of sp³-hybridized carbons (Fsp3) is 0.462. The van der Waals surface area contributed by atoms with Gasteiger partial charge in [0.1, 0.15) is 0 Å². The summed E-state index contributed by atoms with van der Waals surface area (Å²) in [5, 5.41) is 3.52. The van der Waals surface area contributed by atoms with Crippen LogP contribution in [-0.4, -0.2) is 16.0 Å². The van der Waals surface area contributed by atoms with Gasteiger partial charge in [-0.1, -0.05) is 13.0 Å². The van der Waals surface area contributed by atoms with Crippen LogP contribution in [-0.2, 0) is 0 Å². The van der Waals surface area contributed by atoms with Crippen LogP contribution in [0.2, 0.25) is 0 Å². The molecule has 2 atom stereocenters. The third kappa shape index (κ3) is 2.58. The van der Waals surface area contributed by atoms with E-state index in [4.69, 9.17) is 0 Å². The molecule has 2 unspecified atom stereocenters. The van der Waals surface area contributed by atoms with Crippen LogP contribution >= 0.6 is 0 Å². The Hall–Kier alpha value is -1.55. The Balaban J connectivity index is 2.26. The Morgan fingerprint density at radius 1 is 1.24 bits per heavy atom. The van der Waals surface area contributed by atoms with E-state index in [1.165, 1.54) is 5.56 Å². The topological polar surface area (TPSA) is 60.7 Å². The molecular formula is C13H19N3O. The quantitative estimate of drug-likeness (QED) is 0.759. The highest BCUT2D eigenvalue weighted by atomic mass is 16.1. The normalized spacial score (nSPS) is 15.0. The number of benzene rings is 1. The average Bonchev–Trinajstić information content (AvgIpc) is 2.67. The van der Waals surface area contributed by atoms with E-state index in [-0.39, 0.29) is 11.7 Å². The van der Waals surface area contributed by atoms with Gasteiger partial charge in [-0.15, -0.1) is 0 Å². The first-order chi connectivity index (χ1) is 8.10. The van der Waals surface area contributed by atoms with Crippen molar-refractivity contribution in [2.75, 3.05) is 0 Å². The first-order valence-electron chi connectivity index (χ1n) is 6.08. The molecule has 0 radical (unpaired) electrons. The second-order valence-electron chi connectivity index (χ2n) is 4.58. The second-order valence-corrected chi connectivity index (χ2v) is 4.58. The fourth-order valence-corrected chi connectivity index (χ4v) is 1.96. The summed E-state index contributed by atoms with van der Waals surface area (Å²) >= 11 is 0. The van der Waals surface area contributed by atoms with Crippen LogP contribution in [0.25, 0.3) is 11.0 Å². The van der Waals surface area contributed by atoms with Gasteiger partial charge >= 0.3 is 5.69 Å². The molecule has 1 aromatic carbocycles. The number of fused-ring (bicyclic) bond motifs is 1. The largest absolute Gasteiger partial charge is 0.323 e. The van der Waals surface area contributed by atoms with Crippen molar-refractivity contribution in [3.63, 3.8) is 0 Å². The minimum Gasteiger partial charge on any atom is -0.308 e. The number of rotatable bonds is 4. The molecule has 0 aliphatic rings. The summed E-state index contributed by atoms with van der Waals surface area (Å²) in [6.45, 7) is 6.47. The molecule has 0 bridgehead atoms. The van der Waals surface area contributed by atoms with Gasteiger partial charge in [0.05, 0.1) is 11.0 Å². The van der Waals surface area contributed by atoms with E-state index < -0.39 is 0 Å². The van der Waals surface area contributed by atoms with Gasteiger partial charge in [-0.05, 0) is 38.0 Å². The summed E-state index contributed by atoms with van der Waals surface area (Å²) in [4.78, 5) is 16.7. The lowest BCUT2D eigenvalue weighted by molar-refractivity contribution is 0.469. The summed E-state index contributed by atoms with van der Waals surface area (Å²) < 4.78 is 0. The van der Waals surface area contributed by atoms with E-state index >= 15 is 0 Å². The molecule has 2 rings (SSSR count). The molecule has 1 heterocycles. The molecule has 3 N–H and O–H groups in total. The maximum absolute atomic E-state index is 11.2. The summed E-state index contributed by atoms with van der Waals surface area (Å²) in [7, 11) is 0. The van der Waals surface area contributed by atoms with E-state index in [0.29, 0.717) is 6.04 Å². The lowest BCUT2D eigenvalue weighted by atomic mass is 10.1. The number of imidazole rings is 1. The van der Waals surface area contributed by atoms with Crippen molar-refractivity contribution in [3.8, 4) is 0 Å². The van der Waals surface area contributed by atoms with E-state index in [2.05, 4.69) is 36.1 Å². The van der Waals surface area contributed by atoms with Gasteiger partial charge in [-0.25, -0.2) is 4.79 Å². The fourth-order valence-electron chi connectivity index (χ4n) is 1.96. The van der Waals surface area contributed by atoms with Crippen molar-refractivity contribution >= 4 is 11.0 Å². The van der Waals surface area contributed by atoms with Crippen LogP contribution in [0, 0.1) is 0 Å². The van der Waals surface area contributed by atoms with E-state index in [0.717, 1.165) is 17.5 Å². The number of H-pyrrole nitrogens is 2. The van der Waals surface area contributed by atoms with Crippen molar-refractivity contribution in [1.29, 1.82) is 0 Å². The van der Waals surface area contributed by atoms with Crippen molar-refractivity contribution in [2.45, 2.75) is 39.3 Å². The van der Waals surface area contributed by atoms with Gasteiger partial charge in [-0.3, -0.25) is 0 Å². The van der Waals surface area contributed by atoms with Gasteiger partial charge in [0.15, 0.2) is 0 Å². The van der Waals surface area contributed by atoms with Crippen molar-refractivity contribution in [3.05, 3.63) is 34.2 Å². The minimum atomic E-state index is -0.153. The summed E-state index contributed by atoms with van der Waals surface area (Å²) in [5.74, 6) is 0. The summed E-state index contributed by atoms with van der Waals surface area (Å²) in [6, 6.07) is 6.79. The average molecular weight is 233 g/mol. The number of nitrogens with one attached hydrogen (secondary N) is 3. The van der Waals surface area contributed by atoms with Gasteiger partial charge in [-0.2, -0.15) is 0 Å². The lowest BCUT2D eigenvalue weighted by Gasteiger charge is -2.19. The monoisotopic (exact) mass is 233 g/mol. The van der Waals surface area contributed by atoms with Crippen LogP contribution in [0.5, 0.6) is 0 Å². The maximum Gasteiger partial charge on any atom is 0.323 e. The SMILES string of the molecule is CCC(C)NC(C)c1ccc2[nH]c(=O)[nH]c2c1. The summed E-state index contributed by atoms with van der Waals surface area (Å²) in [6.07, 6.45) is 1.10. The van der Waals surface area contributed by atoms with Gasteiger partial charge < -0.3 is 15.3 Å². The van der Waals surface area contributed by atoms with Crippen LogP contribution in [0.1, 0.15) is 38.8 Å². The molecule has 0 fully saturated rings.